The van der Waals surface area contributed by atoms with Gasteiger partial charge in [-0.1, -0.05) is 0 Å². The summed E-state index contributed by atoms with van der Waals surface area (Å²) in [6.45, 7) is 4.42. The standard InChI is InChI=1S/C16H20N2O5/c1-4-18(11-9-14(19)17-15(11)20)16(21)10-6-7-12(23-5-2)13(8-10)22-3/h6-8,11H,4-5,9H2,1-3H3,(H,17,19,20). The van der Waals surface area contributed by atoms with Gasteiger partial charge >= 0.3 is 0 Å². The summed E-state index contributed by atoms with van der Waals surface area (Å²) >= 11 is 0. The smallest absolute Gasteiger partial charge is 0.254 e. The van der Waals surface area contributed by atoms with E-state index in [9.17, 15) is 14.4 Å². The van der Waals surface area contributed by atoms with E-state index in [0.29, 0.717) is 30.2 Å². The molecule has 0 aliphatic carbocycles. The average molecular weight is 320 g/mol. The zero-order valence-electron chi connectivity index (χ0n) is 13.4. The lowest BCUT2D eigenvalue weighted by atomic mass is 10.1. The van der Waals surface area contributed by atoms with Crippen LogP contribution in [0.1, 0.15) is 30.6 Å². The number of rotatable bonds is 6. The lowest BCUT2D eigenvalue weighted by Crippen LogP contribution is -2.44. The fraction of sp³-hybridized carbons (Fsp3) is 0.438. The summed E-state index contributed by atoms with van der Waals surface area (Å²) in [5.74, 6) is -0.147. The lowest BCUT2D eigenvalue weighted by Gasteiger charge is -2.25. The fourth-order valence-electron chi connectivity index (χ4n) is 2.54. The average Bonchev–Trinajstić information content (AvgIpc) is 2.87. The zero-order chi connectivity index (χ0) is 17.0. The molecule has 7 heteroatoms. The second kappa shape index (κ2) is 7.13. The molecule has 7 nitrogen and oxygen atoms in total. The van der Waals surface area contributed by atoms with Crippen molar-refractivity contribution in [2.75, 3.05) is 20.3 Å². The molecule has 2 rings (SSSR count). The van der Waals surface area contributed by atoms with Crippen molar-refractivity contribution in [1.29, 1.82) is 0 Å². The van der Waals surface area contributed by atoms with E-state index in [1.165, 1.54) is 12.0 Å². The molecule has 1 heterocycles. The molecule has 1 aromatic rings. The molecule has 3 amide bonds. The van der Waals surface area contributed by atoms with Crippen LogP contribution in [-0.4, -0.2) is 48.9 Å². The molecular weight excluding hydrogens is 300 g/mol. The monoisotopic (exact) mass is 320 g/mol. The van der Waals surface area contributed by atoms with E-state index in [-0.39, 0.29) is 18.2 Å². The van der Waals surface area contributed by atoms with Gasteiger partial charge in [-0.25, -0.2) is 0 Å². The van der Waals surface area contributed by atoms with Gasteiger partial charge in [-0.05, 0) is 32.0 Å². The number of ether oxygens (including phenoxy) is 2. The largest absolute Gasteiger partial charge is 0.493 e. The van der Waals surface area contributed by atoms with Crippen molar-refractivity contribution in [2.24, 2.45) is 0 Å². The van der Waals surface area contributed by atoms with Crippen molar-refractivity contribution in [2.45, 2.75) is 26.3 Å². The Morgan fingerprint density at radius 1 is 1.30 bits per heavy atom. The van der Waals surface area contributed by atoms with Crippen LogP contribution in [-0.2, 0) is 9.59 Å². The van der Waals surface area contributed by atoms with E-state index < -0.39 is 11.9 Å². The van der Waals surface area contributed by atoms with Gasteiger partial charge in [0.25, 0.3) is 5.91 Å². The molecule has 1 fully saturated rings. The summed E-state index contributed by atoms with van der Waals surface area (Å²) in [6, 6.07) is 4.08. The van der Waals surface area contributed by atoms with E-state index in [0.717, 1.165) is 0 Å². The maximum atomic E-state index is 12.7. The summed E-state index contributed by atoms with van der Waals surface area (Å²) < 4.78 is 10.7. The molecule has 23 heavy (non-hydrogen) atoms. The van der Waals surface area contributed by atoms with Gasteiger partial charge in [0.2, 0.25) is 11.8 Å². The second-order valence-electron chi connectivity index (χ2n) is 5.02. The SMILES string of the molecule is CCOc1ccc(C(=O)N(CC)C2CC(=O)NC2=O)cc1OC. The Kier molecular flexibility index (Phi) is 5.20. The molecule has 1 aliphatic rings. The Morgan fingerprint density at radius 3 is 2.57 bits per heavy atom. The van der Waals surface area contributed by atoms with Gasteiger partial charge < -0.3 is 14.4 Å². The van der Waals surface area contributed by atoms with Gasteiger partial charge in [0, 0.05) is 12.1 Å². The number of amides is 3. The van der Waals surface area contributed by atoms with Gasteiger partial charge in [-0.2, -0.15) is 0 Å². The van der Waals surface area contributed by atoms with Crippen molar-refractivity contribution in [1.82, 2.24) is 10.2 Å². The molecular formula is C16H20N2O5. The fourth-order valence-corrected chi connectivity index (χ4v) is 2.54. The Balaban J connectivity index is 2.27. The van der Waals surface area contributed by atoms with Crippen LogP contribution in [0, 0.1) is 0 Å². The number of nitrogens with zero attached hydrogens (tertiary/aromatic N) is 1. The number of benzene rings is 1. The van der Waals surface area contributed by atoms with Crippen molar-refractivity contribution < 1.29 is 23.9 Å². The summed E-state index contributed by atoms with van der Waals surface area (Å²) in [6.07, 6.45) is -0.00736. The van der Waals surface area contributed by atoms with E-state index >= 15 is 0 Å². The van der Waals surface area contributed by atoms with Crippen LogP contribution in [0.2, 0.25) is 0 Å². The molecule has 1 atom stereocenters. The summed E-state index contributed by atoms with van der Waals surface area (Å²) in [7, 11) is 1.49. The van der Waals surface area contributed by atoms with Gasteiger partial charge in [0.05, 0.1) is 20.1 Å². The first-order chi connectivity index (χ1) is 11.0. The summed E-state index contributed by atoms with van der Waals surface area (Å²) in [4.78, 5) is 37.2. The number of carbonyl (C=O) groups excluding carboxylic acids is 3. The maximum Gasteiger partial charge on any atom is 0.254 e. The first kappa shape index (κ1) is 16.8. The number of carbonyl (C=O) groups is 3. The van der Waals surface area contributed by atoms with Crippen LogP contribution in [0.5, 0.6) is 11.5 Å². The van der Waals surface area contributed by atoms with Crippen LogP contribution in [0.4, 0.5) is 0 Å². The number of hydrogen-bond donors (Lipinski definition) is 1. The van der Waals surface area contributed by atoms with Crippen molar-refractivity contribution >= 4 is 17.7 Å². The maximum absolute atomic E-state index is 12.7. The van der Waals surface area contributed by atoms with Crippen molar-refractivity contribution in [3.63, 3.8) is 0 Å². The summed E-state index contributed by atoms with van der Waals surface area (Å²) in [5, 5.41) is 2.22. The van der Waals surface area contributed by atoms with Gasteiger partial charge in [0.15, 0.2) is 11.5 Å². The Morgan fingerprint density at radius 2 is 2.04 bits per heavy atom. The molecule has 0 aromatic heterocycles. The molecule has 0 spiro atoms. The van der Waals surface area contributed by atoms with E-state index in [1.54, 1.807) is 25.1 Å². The summed E-state index contributed by atoms with van der Waals surface area (Å²) in [5.41, 5.74) is 0.374. The highest BCUT2D eigenvalue weighted by atomic mass is 16.5. The van der Waals surface area contributed by atoms with Crippen LogP contribution >= 0.6 is 0 Å². The highest BCUT2D eigenvalue weighted by Gasteiger charge is 2.37. The molecule has 124 valence electrons. The number of imide groups is 1. The zero-order valence-corrected chi connectivity index (χ0v) is 13.4. The molecule has 1 aliphatic heterocycles. The van der Waals surface area contributed by atoms with Crippen LogP contribution in [0.25, 0.3) is 0 Å². The van der Waals surface area contributed by atoms with Gasteiger partial charge in [-0.3, -0.25) is 19.7 Å². The van der Waals surface area contributed by atoms with Gasteiger partial charge in [-0.15, -0.1) is 0 Å². The molecule has 0 saturated carbocycles. The van der Waals surface area contributed by atoms with Crippen LogP contribution in [0.15, 0.2) is 18.2 Å². The second-order valence-corrected chi connectivity index (χ2v) is 5.02. The van der Waals surface area contributed by atoms with E-state index in [2.05, 4.69) is 5.32 Å². The first-order valence-electron chi connectivity index (χ1n) is 7.47. The van der Waals surface area contributed by atoms with E-state index in [4.69, 9.17) is 9.47 Å². The number of nitrogens with one attached hydrogen (secondary N) is 1. The number of methoxy groups -OCH3 is 1. The third-order valence-electron chi connectivity index (χ3n) is 3.63. The van der Waals surface area contributed by atoms with Crippen LogP contribution in [0.3, 0.4) is 0 Å². The molecule has 1 N–H and O–H groups in total. The first-order valence-corrected chi connectivity index (χ1v) is 7.47. The molecule has 0 radical (unpaired) electrons. The normalized spacial score (nSPS) is 16.9. The molecule has 1 saturated heterocycles. The predicted octanol–water partition coefficient (Wildman–Crippen LogP) is 0.971. The Labute approximate surface area is 134 Å². The number of likely N-dealkylation sites (N-methyl/N-ethyl adjacent to an activating group) is 1. The lowest BCUT2D eigenvalue weighted by molar-refractivity contribution is -0.126. The molecule has 0 bridgehead atoms. The molecule has 1 unspecified atom stereocenters. The van der Waals surface area contributed by atoms with Crippen LogP contribution < -0.4 is 14.8 Å². The van der Waals surface area contributed by atoms with Crippen molar-refractivity contribution in [3.05, 3.63) is 23.8 Å². The van der Waals surface area contributed by atoms with Gasteiger partial charge in [0.1, 0.15) is 6.04 Å². The third kappa shape index (κ3) is 3.44. The Hall–Kier alpha value is -2.57. The third-order valence-corrected chi connectivity index (χ3v) is 3.63. The Bertz CT molecular complexity index is 629. The van der Waals surface area contributed by atoms with Crippen molar-refractivity contribution in [3.8, 4) is 11.5 Å². The quantitative estimate of drug-likeness (QED) is 0.790. The van der Waals surface area contributed by atoms with E-state index in [1.807, 2.05) is 6.92 Å². The highest BCUT2D eigenvalue weighted by molar-refractivity contribution is 6.08. The molecule has 1 aromatic carbocycles. The topological polar surface area (TPSA) is 84.9 Å². The minimum Gasteiger partial charge on any atom is -0.493 e. The number of hydrogen-bond acceptors (Lipinski definition) is 5. The highest BCUT2D eigenvalue weighted by Crippen LogP contribution is 2.29. The predicted molar refractivity (Wildman–Crippen MR) is 82.4 cm³/mol. The minimum absolute atomic E-state index is 0.00736. The minimum atomic E-state index is -0.766.